The van der Waals surface area contributed by atoms with Crippen LogP contribution in [0.15, 0.2) is 36.4 Å². The standard InChI is InChI=1S/C23H25ClN4O4/c24-20-15-17(28(31)32)7-8-18(20)22(29)25-16-6-9-21(26-10-4-5-11-26)19(14-16)23(30)27-12-2-1-3-13-27/h6-9,14-15H,1-5,10-13H2,(H,25,29). The summed E-state index contributed by atoms with van der Waals surface area (Å²) < 4.78 is 0. The Morgan fingerprint density at radius 3 is 2.25 bits per heavy atom. The third-order valence-corrected chi connectivity index (χ3v) is 6.30. The SMILES string of the molecule is O=C(Nc1ccc(N2CCCC2)c(C(=O)N2CCCCC2)c1)c1ccc([N+](=O)[O-])cc1Cl. The number of hydrogen-bond donors (Lipinski definition) is 1. The molecule has 2 aliphatic rings. The van der Waals surface area contributed by atoms with Crippen LogP contribution in [0.1, 0.15) is 52.8 Å². The zero-order valence-electron chi connectivity index (χ0n) is 17.7. The lowest BCUT2D eigenvalue weighted by atomic mass is 10.1. The molecular weight excluding hydrogens is 432 g/mol. The first-order chi connectivity index (χ1) is 15.4. The fourth-order valence-electron chi connectivity index (χ4n) is 4.29. The van der Waals surface area contributed by atoms with E-state index in [1.807, 2.05) is 11.0 Å². The summed E-state index contributed by atoms with van der Waals surface area (Å²) in [7, 11) is 0. The van der Waals surface area contributed by atoms with Crippen molar-refractivity contribution in [2.45, 2.75) is 32.1 Å². The minimum Gasteiger partial charge on any atom is -0.371 e. The summed E-state index contributed by atoms with van der Waals surface area (Å²) in [6, 6.07) is 9.10. The maximum atomic E-state index is 13.3. The Morgan fingerprint density at radius 2 is 1.59 bits per heavy atom. The molecule has 0 aliphatic carbocycles. The van der Waals surface area contributed by atoms with Crippen molar-refractivity contribution in [3.63, 3.8) is 0 Å². The molecule has 4 rings (SSSR count). The third-order valence-electron chi connectivity index (χ3n) is 5.98. The lowest BCUT2D eigenvalue weighted by Crippen LogP contribution is -2.36. The smallest absolute Gasteiger partial charge is 0.270 e. The number of anilines is 2. The number of carbonyl (C=O) groups is 2. The van der Waals surface area contributed by atoms with E-state index in [1.54, 1.807) is 12.1 Å². The molecule has 2 saturated heterocycles. The van der Waals surface area contributed by atoms with Crippen molar-refractivity contribution in [3.8, 4) is 0 Å². The molecule has 2 fully saturated rings. The average Bonchev–Trinajstić information content (AvgIpc) is 3.33. The van der Waals surface area contributed by atoms with Crippen molar-refractivity contribution < 1.29 is 14.5 Å². The zero-order valence-corrected chi connectivity index (χ0v) is 18.4. The lowest BCUT2D eigenvalue weighted by Gasteiger charge is -2.29. The van der Waals surface area contributed by atoms with Gasteiger partial charge in [-0.2, -0.15) is 0 Å². The van der Waals surface area contributed by atoms with E-state index >= 15 is 0 Å². The van der Waals surface area contributed by atoms with E-state index in [-0.39, 0.29) is 22.2 Å². The van der Waals surface area contributed by atoms with Crippen LogP contribution in [0, 0.1) is 10.1 Å². The summed E-state index contributed by atoms with van der Waals surface area (Å²) in [5, 5.41) is 13.7. The van der Waals surface area contributed by atoms with Crippen molar-refractivity contribution in [2.24, 2.45) is 0 Å². The first kappa shape index (κ1) is 22.1. The van der Waals surface area contributed by atoms with Gasteiger partial charge in [0.05, 0.1) is 21.1 Å². The molecule has 0 atom stereocenters. The number of halogens is 1. The molecule has 32 heavy (non-hydrogen) atoms. The van der Waals surface area contributed by atoms with E-state index in [1.165, 1.54) is 12.1 Å². The van der Waals surface area contributed by atoms with Gasteiger partial charge in [-0.15, -0.1) is 0 Å². The molecule has 1 N–H and O–H groups in total. The largest absolute Gasteiger partial charge is 0.371 e. The van der Waals surface area contributed by atoms with Crippen LogP contribution >= 0.6 is 11.6 Å². The predicted octanol–water partition coefficient (Wildman–Crippen LogP) is 4.73. The number of likely N-dealkylation sites (tertiary alicyclic amines) is 1. The molecule has 0 aromatic heterocycles. The summed E-state index contributed by atoms with van der Waals surface area (Å²) in [5.74, 6) is -0.508. The van der Waals surface area contributed by atoms with Crippen molar-refractivity contribution in [1.82, 2.24) is 4.90 Å². The topological polar surface area (TPSA) is 95.8 Å². The average molecular weight is 457 g/mol. The number of rotatable bonds is 5. The Kier molecular flexibility index (Phi) is 6.60. The Labute approximate surface area is 191 Å². The Balaban J connectivity index is 1.61. The van der Waals surface area contributed by atoms with Crippen LogP contribution in [0.4, 0.5) is 17.1 Å². The van der Waals surface area contributed by atoms with Gasteiger partial charge in [-0.1, -0.05) is 11.6 Å². The van der Waals surface area contributed by atoms with Crippen LogP contribution in [-0.4, -0.2) is 47.8 Å². The highest BCUT2D eigenvalue weighted by Crippen LogP contribution is 2.30. The molecular formula is C23H25ClN4O4. The summed E-state index contributed by atoms with van der Waals surface area (Å²) in [5.41, 5.74) is 1.90. The van der Waals surface area contributed by atoms with Gasteiger partial charge in [0.15, 0.2) is 0 Å². The number of hydrogen-bond acceptors (Lipinski definition) is 5. The Bertz CT molecular complexity index is 1050. The van der Waals surface area contributed by atoms with E-state index in [0.29, 0.717) is 11.3 Å². The van der Waals surface area contributed by atoms with Crippen LogP contribution < -0.4 is 10.2 Å². The number of nitrogens with zero attached hydrogens (tertiary/aromatic N) is 3. The summed E-state index contributed by atoms with van der Waals surface area (Å²) >= 11 is 6.10. The quantitative estimate of drug-likeness (QED) is 0.518. The van der Waals surface area contributed by atoms with Crippen LogP contribution in [0.25, 0.3) is 0 Å². The molecule has 0 radical (unpaired) electrons. The normalized spacial score (nSPS) is 16.2. The molecule has 2 heterocycles. The van der Waals surface area contributed by atoms with Crippen molar-refractivity contribution in [1.29, 1.82) is 0 Å². The highest BCUT2D eigenvalue weighted by Gasteiger charge is 2.25. The number of nitro benzene ring substituents is 1. The van der Waals surface area contributed by atoms with Gasteiger partial charge in [-0.05, 0) is 56.4 Å². The first-order valence-corrected chi connectivity index (χ1v) is 11.3. The molecule has 9 heteroatoms. The van der Waals surface area contributed by atoms with Gasteiger partial charge in [0.1, 0.15) is 0 Å². The third kappa shape index (κ3) is 4.70. The maximum Gasteiger partial charge on any atom is 0.270 e. The highest BCUT2D eigenvalue weighted by molar-refractivity contribution is 6.34. The number of benzene rings is 2. The van der Waals surface area contributed by atoms with E-state index < -0.39 is 10.8 Å². The van der Waals surface area contributed by atoms with Crippen molar-refractivity contribution in [2.75, 3.05) is 36.4 Å². The van der Waals surface area contributed by atoms with Crippen LogP contribution in [0.3, 0.4) is 0 Å². The van der Waals surface area contributed by atoms with E-state index in [9.17, 15) is 19.7 Å². The van der Waals surface area contributed by atoms with Gasteiger partial charge in [0.2, 0.25) is 0 Å². The minimum atomic E-state index is -0.566. The Morgan fingerprint density at radius 1 is 0.906 bits per heavy atom. The fourth-order valence-corrected chi connectivity index (χ4v) is 4.55. The molecule has 2 aromatic carbocycles. The van der Waals surface area contributed by atoms with Crippen LogP contribution in [0.2, 0.25) is 5.02 Å². The maximum absolute atomic E-state index is 13.3. The molecule has 0 saturated carbocycles. The second-order valence-electron chi connectivity index (χ2n) is 8.15. The lowest BCUT2D eigenvalue weighted by molar-refractivity contribution is -0.384. The number of amides is 2. The summed E-state index contributed by atoms with van der Waals surface area (Å²) in [6.45, 7) is 3.30. The molecule has 2 aliphatic heterocycles. The van der Waals surface area contributed by atoms with E-state index in [4.69, 9.17) is 11.6 Å². The zero-order chi connectivity index (χ0) is 22.7. The van der Waals surface area contributed by atoms with Gasteiger partial charge in [0, 0.05) is 49.7 Å². The number of non-ortho nitro benzene ring substituents is 1. The van der Waals surface area contributed by atoms with Crippen molar-refractivity contribution >= 4 is 40.5 Å². The molecule has 2 aromatic rings. The Hall–Kier alpha value is -3.13. The first-order valence-electron chi connectivity index (χ1n) is 10.9. The second-order valence-corrected chi connectivity index (χ2v) is 8.56. The van der Waals surface area contributed by atoms with Crippen LogP contribution in [0.5, 0.6) is 0 Å². The number of nitrogens with one attached hydrogen (secondary N) is 1. The van der Waals surface area contributed by atoms with Gasteiger partial charge in [-0.3, -0.25) is 19.7 Å². The minimum absolute atomic E-state index is 0.00463. The van der Waals surface area contributed by atoms with Gasteiger partial charge >= 0.3 is 0 Å². The molecule has 0 bridgehead atoms. The number of carbonyl (C=O) groups excluding carboxylic acids is 2. The molecule has 0 spiro atoms. The monoisotopic (exact) mass is 456 g/mol. The van der Waals surface area contributed by atoms with Crippen LogP contribution in [-0.2, 0) is 0 Å². The summed E-state index contributed by atoms with van der Waals surface area (Å²) in [4.78, 5) is 40.6. The summed E-state index contributed by atoms with van der Waals surface area (Å²) in [6.07, 6.45) is 5.32. The second kappa shape index (κ2) is 9.56. The van der Waals surface area contributed by atoms with Gasteiger partial charge in [-0.25, -0.2) is 0 Å². The molecule has 8 nitrogen and oxygen atoms in total. The predicted molar refractivity (Wildman–Crippen MR) is 124 cm³/mol. The van der Waals surface area contributed by atoms with E-state index in [0.717, 1.165) is 70.0 Å². The van der Waals surface area contributed by atoms with E-state index in [2.05, 4.69) is 10.2 Å². The van der Waals surface area contributed by atoms with Gasteiger partial charge < -0.3 is 15.1 Å². The fraction of sp³-hybridized carbons (Fsp3) is 0.391. The number of piperidine rings is 1. The van der Waals surface area contributed by atoms with Gasteiger partial charge in [0.25, 0.3) is 17.5 Å². The molecule has 0 unspecified atom stereocenters. The molecule has 168 valence electrons. The number of nitro groups is 1. The van der Waals surface area contributed by atoms with Crippen molar-refractivity contribution in [3.05, 3.63) is 62.7 Å². The molecule has 2 amide bonds. The highest BCUT2D eigenvalue weighted by atomic mass is 35.5.